The number of rotatable bonds is 4. The molecule has 1 N–H and O–H groups in total. The summed E-state index contributed by atoms with van der Waals surface area (Å²) in [5.74, 6) is 4.89. The molecule has 0 amide bonds. The van der Waals surface area contributed by atoms with E-state index < -0.39 is 0 Å². The van der Waals surface area contributed by atoms with Crippen LogP contribution in [0.5, 0.6) is 0 Å². The Morgan fingerprint density at radius 2 is 1.67 bits per heavy atom. The maximum Gasteiger partial charge on any atom is 0.0568 e. The maximum atomic E-state index is 10.5. The van der Waals surface area contributed by atoms with Crippen LogP contribution in [-0.2, 0) is 0 Å². The largest absolute Gasteiger partial charge is 0.393 e. The lowest BCUT2D eigenvalue weighted by molar-refractivity contribution is -0.0777. The van der Waals surface area contributed by atoms with Crippen LogP contribution in [0.3, 0.4) is 0 Å². The van der Waals surface area contributed by atoms with Crippen molar-refractivity contribution in [2.75, 3.05) is 0 Å². The molecule has 0 radical (unpaired) electrons. The van der Waals surface area contributed by atoms with E-state index in [9.17, 15) is 5.11 Å². The maximum absolute atomic E-state index is 10.5. The topological polar surface area (TPSA) is 20.2 Å². The van der Waals surface area contributed by atoms with Crippen LogP contribution in [0.2, 0.25) is 0 Å². The minimum atomic E-state index is -0.0668. The molecule has 0 aliphatic heterocycles. The molecule has 0 aromatic heterocycles. The molecule has 30 heavy (non-hydrogen) atoms. The van der Waals surface area contributed by atoms with Crippen LogP contribution >= 0.6 is 0 Å². The van der Waals surface area contributed by atoms with Crippen molar-refractivity contribution < 1.29 is 5.11 Å². The van der Waals surface area contributed by atoms with Gasteiger partial charge in [-0.25, -0.2) is 0 Å². The van der Waals surface area contributed by atoms with Crippen molar-refractivity contribution in [3.8, 4) is 0 Å². The average Bonchev–Trinajstić information content (AvgIpc) is 3.06. The van der Waals surface area contributed by atoms with E-state index in [0.29, 0.717) is 28.6 Å². The Morgan fingerprint density at radius 1 is 0.933 bits per heavy atom. The smallest absolute Gasteiger partial charge is 0.0568 e. The van der Waals surface area contributed by atoms with E-state index in [1.165, 1.54) is 44.9 Å². The first-order chi connectivity index (χ1) is 14.1. The summed E-state index contributed by atoms with van der Waals surface area (Å²) in [6.07, 6.45) is 15.4. The van der Waals surface area contributed by atoms with Gasteiger partial charge in [-0.05, 0) is 104 Å². The van der Waals surface area contributed by atoms with Crippen LogP contribution in [-0.4, -0.2) is 11.2 Å². The monoisotopic (exact) mass is 412 g/mol. The first-order valence-electron chi connectivity index (χ1n) is 13.2. The summed E-state index contributed by atoms with van der Waals surface area (Å²) in [6.45, 7) is 17.1. The molecule has 4 aliphatic rings. The molecule has 3 fully saturated rings. The van der Waals surface area contributed by atoms with Crippen LogP contribution < -0.4 is 0 Å². The van der Waals surface area contributed by atoms with E-state index in [4.69, 9.17) is 0 Å². The first-order valence-corrected chi connectivity index (χ1v) is 13.2. The van der Waals surface area contributed by atoms with E-state index in [1.54, 1.807) is 0 Å². The lowest BCUT2D eigenvalue weighted by atomic mass is 9.47. The highest BCUT2D eigenvalue weighted by Crippen LogP contribution is 2.66. The summed E-state index contributed by atoms with van der Waals surface area (Å²) < 4.78 is 0. The molecule has 0 saturated heterocycles. The lowest BCUT2D eigenvalue weighted by Gasteiger charge is -2.58. The molecule has 9 atom stereocenters. The van der Waals surface area contributed by atoms with Gasteiger partial charge in [0.2, 0.25) is 0 Å². The SMILES string of the molecule is CC(C)[C@H](C)/C=C/[C@@H](C)[C@H]1CCC2=C3CC[C@H]4[C@H](C)[C@@H](O)CC[C@]4(C)[C@H]3CC[C@@]21C. The highest BCUT2D eigenvalue weighted by molar-refractivity contribution is 5.35. The fourth-order valence-electron chi connectivity index (χ4n) is 8.54. The highest BCUT2D eigenvalue weighted by atomic mass is 16.3. The molecular weight excluding hydrogens is 364 g/mol. The van der Waals surface area contributed by atoms with Gasteiger partial charge in [0.25, 0.3) is 0 Å². The molecule has 0 unspecified atom stereocenters. The zero-order valence-electron chi connectivity index (χ0n) is 20.9. The number of allylic oxidation sites excluding steroid dienone is 4. The van der Waals surface area contributed by atoms with E-state index >= 15 is 0 Å². The van der Waals surface area contributed by atoms with E-state index in [-0.39, 0.29) is 6.10 Å². The number of aliphatic hydroxyl groups excluding tert-OH is 1. The fourth-order valence-corrected chi connectivity index (χ4v) is 8.54. The standard InChI is InChI=1S/C29H48O/c1-18(2)19(3)8-9-20(4)23-12-13-25-22-10-11-24-21(5)27(30)15-17-29(24,7)26(22)14-16-28(23,25)6/h8-9,18-21,23-24,26-27,30H,10-17H2,1-7H3/b9-8+/t19-,20-,21+,23-,24+,26+,27+,28-,29+/m1/s1. The van der Waals surface area contributed by atoms with Crippen molar-refractivity contribution in [1.29, 1.82) is 0 Å². The Hall–Kier alpha value is -0.560. The lowest BCUT2D eigenvalue weighted by Crippen LogP contribution is -2.51. The Labute approximate surface area is 186 Å². The predicted octanol–water partition coefficient (Wildman–Crippen LogP) is 7.80. The van der Waals surface area contributed by atoms with Gasteiger partial charge in [-0.1, -0.05) is 71.8 Å². The van der Waals surface area contributed by atoms with Crippen LogP contribution in [0, 0.1) is 52.3 Å². The number of fused-ring (bicyclic) bond motifs is 4. The zero-order valence-corrected chi connectivity index (χ0v) is 20.9. The molecule has 1 nitrogen and oxygen atoms in total. The summed E-state index contributed by atoms with van der Waals surface area (Å²) >= 11 is 0. The molecule has 0 aromatic carbocycles. The molecule has 170 valence electrons. The third kappa shape index (κ3) is 3.46. The van der Waals surface area contributed by atoms with Crippen molar-refractivity contribution in [2.45, 2.75) is 106 Å². The third-order valence-corrected chi connectivity index (χ3v) is 11.0. The van der Waals surface area contributed by atoms with Crippen molar-refractivity contribution in [3.05, 3.63) is 23.3 Å². The number of aliphatic hydroxyl groups is 1. The molecule has 0 heterocycles. The summed E-state index contributed by atoms with van der Waals surface area (Å²) in [4.78, 5) is 0. The minimum Gasteiger partial charge on any atom is -0.393 e. The van der Waals surface area contributed by atoms with Gasteiger partial charge < -0.3 is 5.11 Å². The Bertz CT molecular complexity index is 701. The van der Waals surface area contributed by atoms with Crippen molar-refractivity contribution >= 4 is 0 Å². The van der Waals surface area contributed by atoms with Crippen LogP contribution in [0.1, 0.15) is 99.8 Å². The Kier molecular flexibility index (Phi) is 6.10. The Morgan fingerprint density at radius 3 is 2.37 bits per heavy atom. The van der Waals surface area contributed by atoms with Gasteiger partial charge in [0, 0.05) is 0 Å². The van der Waals surface area contributed by atoms with Gasteiger partial charge in [-0.2, -0.15) is 0 Å². The molecule has 0 aromatic rings. The van der Waals surface area contributed by atoms with E-state index in [2.05, 4.69) is 60.6 Å². The first kappa shape index (κ1) is 22.6. The molecule has 1 heteroatoms. The third-order valence-electron chi connectivity index (χ3n) is 11.0. The van der Waals surface area contributed by atoms with E-state index in [0.717, 1.165) is 30.1 Å². The van der Waals surface area contributed by atoms with Crippen molar-refractivity contribution in [3.63, 3.8) is 0 Å². The highest BCUT2D eigenvalue weighted by Gasteiger charge is 2.56. The van der Waals surface area contributed by atoms with E-state index in [1.807, 2.05) is 11.1 Å². The molecule has 4 aliphatic carbocycles. The van der Waals surface area contributed by atoms with Crippen molar-refractivity contribution in [2.24, 2.45) is 52.3 Å². The number of hydrogen-bond acceptors (Lipinski definition) is 1. The van der Waals surface area contributed by atoms with Crippen molar-refractivity contribution in [1.82, 2.24) is 0 Å². The van der Waals surface area contributed by atoms with Crippen LogP contribution in [0.25, 0.3) is 0 Å². The van der Waals surface area contributed by atoms with Gasteiger partial charge >= 0.3 is 0 Å². The molecular formula is C29H48O. The summed E-state index contributed by atoms with van der Waals surface area (Å²) in [6, 6.07) is 0. The second kappa shape index (κ2) is 8.09. The summed E-state index contributed by atoms with van der Waals surface area (Å²) in [5.41, 5.74) is 4.64. The van der Waals surface area contributed by atoms with Crippen LogP contribution in [0.4, 0.5) is 0 Å². The quantitative estimate of drug-likeness (QED) is 0.467. The average molecular weight is 413 g/mol. The van der Waals surface area contributed by atoms with Gasteiger partial charge in [0.15, 0.2) is 0 Å². The summed E-state index contributed by atoms with van der Waals surface area (Å²) in [5, 5.41) is 10.5. The van der Waals surface area contributed by atoms with Gasteiger partial charge in [-0.15, -0.1) is 0 Å². The molecule has 3 saturated carbocycles. The Balaban J connectivity index is 1.59. The normalized spacial score (nSPS) is 46.0. The van der Waals surface area contributed by atoms with Gasteiger partial charge in [-0.3, -0.25) is 0 Å². The van der Waals surface area contributed by atoms with Gasteiger partial charge in [0.05, 0.1) is 6.10 Å². The zero-order chi connectivity index (χ0) is 21.8. The molecule has 4 rings (SSSR count). The second-order valence-electron chi connectivity index (χ2n) is 12.6. The van der Waals surface area contributed by atoms with Crippen LogP contribution in [0.15, 0.2) is 23.3 Å². The number of hydrogen-bond donors (Lipinski definition) is 1. The fraction of sp³-hybridized carbons (Fsp3) is 0.862. The van der Waals surface area contributed by atoms with Gasteiger partial charge in [0.1, 0.15) is 0 Å². The minimum absolute atomic E-state index is 0.0668. The second-order valence-corrected chi connectivity index (χ2v) is 12.6. The summed E-state index contributed by atoms with van der Waals surface area (Å²) in [7, 11) is 0. The predicted molar refractivity (Wildman–Crippen MR) is 128 cm³/mol. The molecule has 0 bridgehead atoms. The molecule has 0 spiro atoms.